The summed E-state index contributed by atoms with van der Waals surface area (Å²) >= 11 is 0. The molecule has 0 aromatic heterocycles. The summed E-state index contributed by atoms with van der Waals surface area (Å²) in [5, 5.41) is 0. The van der Waals surface area contributed by atoms with Gasteiger partial charge in [0, 0.05) is 12.0 Å². The van der Waals surface area contributed by atoms with Crippen molar-refractivity contribution in [2.75, 3.05) is 11.4 Å². The van der Waals surface area contributed by atoms with E-state index < -0.39 is 5.41 Å². The number of nitrogens with two attached hydrogens (primary N) is 1. The van der Waals surface area contributed by atoms with Gasteiger partial charge >= 0.3 is 0 Å². The molecular weight excluding hydrogens is 264 g/mol. The van der Waals surface area contributed by atoms with Crippen LogP contribution in [0.3, 0.4) is 0 Å². The molecule has 0 radical (unpaired) electrons. The second-order valence-corrected chi connectivity index (χ2v) is 5.25. The number of imide groups is 1. The van der Waals surface area contributed by atoms with Crippen molar-refractivity contribution in [1.29, 1.82) is 0 Å². The third kappa shape index (κ3) is 2.70. The minimum absolute atomic E-state index is 0.0959. The summed E-state index contributed by atoms with van der Waals surface area (Å²) < 4.78 is 0. The number of benzene rings is 1. The van der Waals surface area contributed by atoms with E-state index in [0.29, 0.717) is 18.5 Å². The first kappa shape index (κ1) is 15.3. The second-order valence-electron chi connectivity index (χ2n) is 5.25. The van der Waals surface area contributed by atoms with Crippen molar-refractivity contribution in [2.45, 2.75) is 33.1 Å². The summed E-state index contributed by atoms with van der Waals surface area (Å²) in [5.74, 6) is 5.47. The average Bonchev–Trinajstić information content (AvgIpc) is 2.76. The molecule has 110 valence electrons. The van der Waals surface area contributed by atoms with Crippen LogP contribution in [0.2, 0.25) is 0 Å². The highest BCUT2D eigenvalue weighted by Crippen LogP contribution is 2.41. The van der Waals surface area contributed by atoms with Gasteiger partial charge in [-0.1, -0.05) is 31.8 Å². The van der Waals surface area contributed by atoms with Crippen molar-refractivity contribution in [3.63, 3.8) is 0 Å². The van der Waals surface area contributed by atoms with Gasteiger partial charge in [-0.05, 0) is 31.0 Å². The smallest absolute Gasteiger partial charge is 0.240 e. The van der Waals surface area contributed by atoms with Gasteiger partial charge in [-0.2, -0.15) is 0 Å². The second kappa shape index (κ2) is 6.11. The Morgan fingerprint density at radius 1 is 1.29 bits per heavy atom. The lowest BCUT2D eigenvalue weighted by Gasteiger charge is -2.23. The molecule has 2 N–H and O–H groups in total. The zero-order valence-electron chi connectivity index (χ0n) is 12.5. The van der Waals surface area contributed by atoms with Crippen LogP contribution in [0.25, 0.3) is 0 Å². The molecule has 2 rings (SSSR count). The van der Waals surface area contributed by atoms with E-state index in [-0.39, 0.29) is 24.8 Å². The molecule has 0 spiro atoms. The van der Waals surface area contributed by atoms with E-state index in [0.717, 1.165) is 5.56 Å². The highest BCUT2D eigenvalue weighted by Gasteiger charge is 2.49. The van der Waals surface area contributed by atoms with Crippen molar-refractivity contribution < 1.29 is 9.59 Å². The number of nitrogens with zero attached hydrogens (tertiary/aromatic N) is 1. The van der Waals surface area contributed by atoms with Gasteiger partial charge in [0.05, 0.1) is 17.6 Å². The normalized spacial score (nSPS) is 16.8. The fourth-order valence-electron chi connectivity index (χ4n) is 2.73. The van der Waals surface area contributed by atoms with Crippen LogP contribution >= 0.6 is 0 Å². The Hall–Kier alpha value is -2.12. The molecule has 1 saturated heterocycles. The maximum Gasteiger partial charge on any atom is 0.240 e. The molecule has 2 amide bonds. The van der Waals surface area contributed by atoms with Gasteiger partial charge in [0.15, 0.2) is 0 Å². The predicted molar refractivity (Wildman–Crippen MR) is 82.5 cm³/mol. The maximum absolute atomic E-state index is 12.7. The Balaban J connectivity index is 2.38. The lowest BCUT2D eigenvalue weighted by molar-refractivity contribution is -0.126. The summed E-state index contributed by atoms with van der Waals surface area (Å²) in [5.41, 5.74) is 6.16. The summed E-state index contributed by atoms with van der Waals surface area (Å²) in [4.78, 5) is 26.3. The number of anilines is 1. The number of rotatable bonds is 3. The molecular formula is C17H20N2O2. The number of hydrogen-bond acceptors (Lipinski definition) is 3. The number of carbonyl (C=O) groups is 2. The van der Waals surface area contributed by atoms with Crippen LogP contribution in [-0.4, -0.2) is 18.4 Å². The van der Waals surface area contributed by atoms with Crippen LogP contribution in [0.1, 0.15) is 38.7 Å². The molecule has 0 bridgehead atoms. The molecule has 0 atom stereocenters. The molecule has 1 fully saturated rings. The quantitative estimate of drug-likeness (QED) is 0.682. The van der Waals surface area contributed by atoms with Gasteiger partial charge in [0.2, 0.25) is 11.8 Å². The SMILES string of the molecule is CCC1(CC)CC(=O)N(c2cccc(C#CCN)c2)C1=O. The highest BCUT2D eigenvalue weighted by atomic mass is 16.2. The van der Waals surface area contributed by atoms with Crippen molar-refractivity contribution in [2.24, 2.45) is 11.1 Å². The number of hydrogen-bond donors (Lipinski definition) is 1. The summed E-state index contributed by atoms with van der Waals surface area (Å²) in [6, 6.07) is 7.17. The highest BCUT2D eigenvalue weighted by molar-refractivity contribution is 6.22. The Morgan fingerprint density at radius 3 is 2.57 bits per heavy atom. The molecule has 0 saturated carbocycles. The van der Waals surface area contributed by atoms with Crippen LogP contribution in [0.5, 0.6) is 0 Å². The minimum atomic E-state index is -0.546. The number of carbonyl (C=O) groups excluding carboxylic acids is 2. The Kier molecular flexibility index (Phi) is 4.44. The Morgan fingerprint density at radius 2 is 2.00 bits per heavy atom. The first-order valence-corrected chi connectivity index (χ1v) is 7.24. The number of amides is 2. The third-order valence-corrected chi connectivity index (χ3v) is 4.19. The van der Waals surface area contributed by atoms with E-state index in [1.807, 2.05) is 19.9 Å². The molecule has 21 heavy (non-hydrogen) atoms. The molecule has 1 heterocycles. The lowest BCUT2D eigenvalue weighted by atomic mass is 9.81. The van der Waals surface area contributed by atoms with E-state index >= 15 is 0 Å². The zero-order chi connectivity index (χ0) is 15.5. The van der Waals surface area contributed by atoms with Crippen molar-refractivity contribution in [1.82, 2.24) is 0 Å². The van der Waals surface area contributed by atoms with Gasteiger partial charge in [-0.3, -0.25) is 14.5 Å². The third-order valence-electron chi connectivity index (χ3n) is 4.19. The molecule has 1 aliphatic heterocycles. The van der Waals surface area contributed by atoms with Crippen LogP contribution in [0.4, 0.5) is 5.69 Å². The van der Waals surface area contributed by atoms with Crippen molar-refractivity contribution in [3.05, 3.63) is 29.8 Å². The zero-order valence-corrected chi connectivity index (χ0v) is 12.5. The molecule has 1 aromatic carbocycles. The van der Waals surface area contributed by atoms with E-state index in [1.54, 1.807) is 18.2 Å². The average molecular weight is 284 g/mol. The van der Waals surface area contributed by atoms with E-state index in [2.05, 4.69) is 11.8 Å². The first-order valence-electron chi connectivity index (χ1n) is 7.24. The van der Waals surface area contributed by atoms with E-state index in [1.165, 1.54) is 4.90 Å². The van der Waals surface area contributed by atoms with Crippen LogP contribution in [0, 0.1) is 17.3 Å². The first-order chi connectivity index (χ1) is 10.1. The standard InChI is InChI=1S/C17H20N2O2/c1-3-17(4-2)12-15(20)19(16(17)21)14-9-5-7-13(11-14)8-6-10-18/h5,7,9,11H,3-4,10,12,18H2,1-2H3. The van der Waals surface area contributed by atoms with Gasteiger partial charge in [0.1, 0.15) is 0 Å². The predicted octanol–water partition coefficient (Wildman–Crippen LogP) is 2.07. The summed E-state index contributed by atoms with van der Waals surface area (Å²) in [6.07, 6.45) is 1.64. The van der Waals surface area contributed by atoms with Crippen LogP contribution < -0.4 is 10.6 Å². The molecule has 4 nitrogen and oxygen atoms in total. The fraction of sp³-hybridized carbons (Fsp3) is 0.412. The van der Waals surface area contributed by atoms with Crippen LogP contribution in [-0.2, 0) is 9.59 Å². The van der Waals surface area contributed by atoms with Gasteiger partial charge < -0.3 is 5.73 Å². The van der Waals surface area contributed by atoms with Gasteiger partial charge in [-0.15, -0.1) is 0 Å². The topological polar surface area (TPSA) is 63.4 Å². The molecule has 0 unspecified atom stereocenters. The fourth-order valence-corrected chi connectivity index (χ4v) is 2.73. The summed E-state index contributed by atoms with van der Waals surface area (Å²) in [6.45, 7) is 4.20. The largest absolute Gasteiger partial charge is 0.320 e. The van der Waals surface area contributed by atoms with Gasteiger partial charge in [0.25, 0.3) is 0 Å². The lowest BCUT2D eigenvalue weighted by Crippen LogP contribution is -2.35. The monoisotopic (exact) mass is 284 g/mol. The van der Waals surface area contributed by atoms with E-state index in [9.17, 15) is 9.59 Å². The van der Waals surface area contributed by atoms with Crippen molar-refractivity contribution >= 4 is 17.5 Å². The van der Waals surface area contributed by atoms with Crippen molar-refractivity contribution in [3.8, 4) is 11.8 Å². The molecule has 1 aliphatic rings. The molecule has 4 heteroatoms. The maximum atomic E-state index is 12.7. The Labute approximate surface area is 125 Å². The summed E-state index contributed by atoms with van der Waals surface area (Å²) in [7, 11) is 0. The minimum Gasteiger partial charge on any atom is -0.320 e. The van der Waals surface area contributed by atoms with Crippen LogP contribution in [0.15, 0.2) is 24.3 Å². The molecule has 1 aromatic rings. The van der Waals surface area contributed by atoms with E-state index in [4.69, 9.17) is 5.73 Å². The Bertz CT molecular complexity index is 621. The van der Waals surface area contributed by atoms with Gasteiger partial charge in [-0.25, -0.2) is 0 Å². The molecule has 0 aliphatic carbocycles.